The van der Waals surface area contributed by atoms with Gasteiger partial charge in [-0.25, -0.2) is 13.8 Å². The maximum Gasteiger partial charge on any atom is 0.263 e. The van der Waals surface area contributed by atoms with Crippen molar-refractivity contribution in [2.24, 2.45) is 5.10 Å². The third kappa shape index (κ3) is 8.67. The molecule has 1 atom stereocenters. The second-order valence-corrected chi connectivity index (χ2v) is 11.0. The lowest BCUT2D eigenvalue weighted by molar-refractivity contribution is -0.121. The number of hydrazone groups is 1. The van der Waals surface area contributed by atoms with Gasteiger partial charge in [0.2, 0.25) is 10.0 Å². The van der Waals surface area contributed by atoms with Crippen LogP contribution in [-0.4, -0.2) is 45.4 Å². The average Bonchev–Trinajstić information content (AvgIpc) is 2.98. The number of ether oxygens (including phenoxy) is 2. The van der Waals surface area contributed by atoms with E-state index < -0.39 is 22.0 Å². The van der Waals surface area contributed by atoms with Gasteiger partial charge in [-0.3, -0.25) is 13.9 Å². The summed E-state index contributed by atoms with van der Waals surface area (Å²) in [5.41, 5.74) is 4.03. The van der Waals surface area contributed by atoms with E-state index >= 15 is 0 Å². The number of nitrogens with one attached hydrogen (secondary N) is 2. The highest BCUT2D eigenvalue weighted by molar-refractivity contribution is 7.92. The van der Waals surface area contributed by atoms with Crippen molar-refractivity contribution in [2.75, 3.05) is 22.5 Å². The molecule has 216 valence electrons. The Morgan fingerprint density at radius 2 is 1.40 bits per heavy atom. The molecule has 4 aromatic rings. The number of sulfonamides is 1. The predicted molar refractivity (Wildman–Crippen MR) is 162 cm³/mol. The van der Waals surface area contributed by atoms with E-state index in [4.69, 9.17) is 9.47 Å². The van der Waals surface area contributed by atoms with Crippen LogP contribution < -0.4 is 24.5 Å². The molecule has 42 heavy (non-hydrogen) atoms. The summed E-state index contributed by atoms with van der Waals surface area (Å²) in [4.78, 5) is 24.9. The van der Waals surface area contributed by atoms with Crippen LogP contribution in [0.3, 0.4) is 0 Å². The van der Waals surface area contributed by atoms with Gasteiger partial charge in [0.1, 0.15) is 23.3 Å². The summed E-state index contributed by atoms with van der Waals surface area (Å²) < 4.78 is 37.5. The molecular formula is C31H30N4O6S. The second kappa shape index (κ2) is 14.0. The Bertz CT molecular complexity index is 1610. The Morgan fingerprint density at radius 1 is 0.833 bits per heavy atom. The van der Waals surface area contributed by atoms with Crippen LogP contribution in [-0.2, 0) is 19.6 Å². The molecular weight excluding hydrogens is 556 g/mol. The molecule has 0 radical (unpaired) electrons. The number of carbonyl (C=O) groups excluding carboxylic acids is 2. The highest BCUT2D eigenvalue weighted by Crippen LogP contribution is 2.27. The van der Waals surface area contributed by atoms with E-state index in [-0.39, 0.29) is 12.5 Å². The molecule has 11 heteroatoms. The van der Waals surface area contributed by atoms with Crippen molar-refractivity contribution in [3.05, 3.63) is 115 Å². The molecule has 0 aliphatic rings. The number of amides is 2. The lowest BCUT2D eigenvalue weighted by Gasteiger charge is -2.27. The Kier molecular flexibility index (Phi) is 9.90. The normalized spacial score (nSPS) is 11.9. The quantitative estimate of drug-likeness (QED) is 0.181. The first-order chi connectivity index (χ1) is 20.2. The maximum atomic E-state index is 12.8. The fourth-order valence-electron chi connectivity index (χ4n) is 3.88. The van der Waals surface area contributed by atoms with Gasteiger partial charge in [-0.05, 0) is 85.3 Å². The van der Waals surface area contributed by atoms with Crippen molar-refractivity contribution in [3.8, 4) is 17.2 Å². The van der Waals surface area contributed by atoms with Crippen LogP contribution in [0.4, 0.5) is 11.4 Å². The summed E-state index contributed by atoms with van der Waals surface area (Å²) in [5, 5.41) is 6.70. The zero-order chi connectivity index (χ0) is 30.0. The molecule has 0 fully saturated rings. The molecule has 0 unspecified atom stereocenters. The van der Waals surface area contributed by atoms with Crippen molar-refractivity contribution >= 4 is 39.4 Å². The van der Waals surface area contributed by atoms with E-state index in [1.54, 1.807) is 72.8 Å². The van der Waals surface area contributed by atoms with Gasteiger partial charge in [0.05, 0.1) is 18.2 Å². The first kappa shape index (κ1) is 29.8. The minimum Gasteiger partial charge on any atom is -0.484 e. The molecule has 2 amide bonds. The number of para-hydroxylation sites is 2. The molecule has 0 heterocycles. The van der Waals surface area contributed by atoms with Gasteiger partial charge >= 0.3 is 0 Å². The Hall–Kier alpha value is -5.16. The number of rotatable bonds is 12. The fraction of sp³-hybridized carbons (Fsp3) is 0.129. The van der Waals surface area contributed by atoms with Crippen LogP contribution in [0.5, 0.6) is 17.2 Å². The largest absolute Gasteiger partial charge is 0.484 e. The molecule has 10 nitrogen and oxygen atoms in total. The lowest BCUT2D eigenvalue weighted by atomic mass is 10.2. The van der Waals surface area contributed by atoms with Gasteiger partial charge in [-0.1, -0.05) is 36.4 Å². The monoisotopic (exact) mass is 586 g/mol. The molecule has 0 saturated carbocycles. The van der Waals surface area contributed by atoms with E-state index in [0.29, 0.717) is 34.2 Å². The van der Waals surface area contributed by atoms with Gasteiger partial charge in [-0.2, -0.15) is 5.10 Å². The molecule has 0 bridgehead atoms. The summed E-state index contributed by atoms with van der Waals surface area (Å²) in [6, 6.07) is 30.3. The molecule has 4 aromatic carbocycles. The fourth-order valence-corrected chi connectivity index (χ4v) is 5.05. The Labute approximate surface area is 244 Å². The van der Waals surface area contributed by atoms with Crippen molar-refractivity contribution in [1.29, 1.82) is 0 Å². The summed E-state index contributed by atoms with van der Waals surface area (Å²) in [7, 11) is -3.81. The Morgan fingerprint density at radius 3 is 2.02 bits per heavy atom. The highest BCUT2D eigenvalue weighted by Gasteiger charge is 2.29. The smallest absolute Gasteiger partial charge is 0.263 e. The lowest BCUT2D eigenvalue weighted by Crippen LogP contribution is -2.46. The van der Waals surface area contributed by atoms with Crippen LogP contribution in [0.25, 0.3) is 0 Å². The Balaban J connectivity index is 1.31. The summed E-state index contributed by atoms with van der Waals surface area (Å²) in [6.45, 7) is 1.32. The highest BCUT2D eigenvalue weighted by atomic mass is 32.2. The van der Waals surface area contributed by atoms with Crippen LogP contribution in [0.2, 0.25) is 0 Å². The third-order valence-electron chi connectivity index (χ3n) is 5.85. The van der Waals surface area contributed by atoms with Crippen molar-refractivity contribution in [1.82, 2.24) is 5.43 Å². The predicted octanol–water partition coefficient (Wildman–Crippen LogP) is 4.80. The van der Waals surface area contributed by atoms with Gasteiger partial charge in [0.15, 0.2) is 6.61 Å². The van der Waals surface area contributed by atoms with Gasteiger partial charge in [0.25, 0.3) is 11.8 Å². The van der Waals surface area contributed by atoms with E-state index in [2.05, 4.69) is 15.8 Å². The summed E-state index contributed by atoms with van der Waals surface area (Å²) in [5.74, 6) is 0.738. The number of benzene rings is 4. The number of carbonyl (C=O) groups is 2. The van der Waals surface area contributed by atoms with E-state index in [9.17, 15) is 18.0 Å². The second-order valence-electron chi connectivity index (χ2n) is 9.15. The van der Waals surface area contributed by atoms with Gasteiger partial charge in [0, 0.05) is 5.69 Å². The van der Waals surface area contributed by atoms with Crippen LogP contribution in [0, 0.1) is 0 Å². The molecule has 4 rings (SSSR count). The molecule has 0 aliphatic carbocycles. The van der Waals surface area contributed by atoms with Crippen LogP contribution >= 0.6 is 0 Å². The SMILES string of the molecule is C[C@H](C(=O)N/N=C\c1ccc(OCC(=O)Nc2ccccc2)cc1)N(c1ccc(Oc2ccccc2)cc1)S(C)(=O)=O. The number of nitrogens with zero attached hydrogens (tertiary/aromatic N) is 2. The van der Waals surface area contributed by atoms with Crippen molar-refractivity contribution in [2.45, 2.75) is 13.0 Å². The minimum atomic E-state index is -3.81. The first-order valence-electron chi connectivity index (χ1n) is 12.9. The molecule has 0 aromatic heterocycles. The first-order valence-corrected chi connectivity index (χ1v) is 14.8. The minimum absolute atomic E-state index is 0.157. The van der Waals surface area contributed by atoms with Crippen molar-refractivity contribution < 1.29 is 27.5 Å². The standard InChI is InChI=1S/C31H30N4O6S/c1-23(35(42(2,38)39)26-15-19-29(20-16-26)41-28-11-7-4-8-12-28)31(37)34-32-21-24-13-17-27(18-14-24)40-22-30(36)33-25-9-5-3-6-10-25/h3-21,23H,22H2,1-2H3,(H,33,36)(H,34,37)/b32-21-/t23-/m1/s1. The zero-order valence-electron chi connectivity index (χ0n) is 23.0. The molecule has 0 spiro atoms. The topological polar surface area (TPSA) is 126 Å². The average molecular weight is 587 g/mol. The number of hydrogen-bond donors (Lipinski definition) is 2. The summed E-state index contributed by atoms with van der Waals surface area (Å²) in [6.07, 6.45) is 2.44. The van der Waals surface area contributed by atoms with Gasteiger partial charge in [-0.15, -0.1) is 0 Å². The molecule has 2 N–H and O–H groups in total. The van der Waals surface area contributed by atoms with Crippen LogP contribution in [0.15, 0.2) is 114 Å². The van der Waals surface area contributed by atoms with Gasteiger partial charge < -0.3 is 14.8 Å². The summed E-state index contributed by atoms with van der Waals surface area (Å²) >= 11 is 0. The molecule has 0 aliphatic heterocycles. The van der Waals surface area contributed by atoms with Crippen molar-refractivity contribution in [3.63, 3.8) is 0 Å². The van der Waals surface area contributed by atoms with E-state index in [1.807, 2.05) is 36.4 Å². The number of anilines is 2. The van der Waals surface area contributed by atoms with E-state index in [1.165, 1.54) is 13.1 Å². The third-order valence-corrected chi connectivity index (χ3v) is 7.10. The number of hydrogen-bond acceptors (Lipinski definition) is 7. The molecule has 0 saturated heterocycles. The maximum absolute atomic E-state index is 12.8. The zero-order valence-corrected chi connectivity index (χ0v) is 23.8. The van der Waals surface area contributed by atoms with E-state index in [0.717, 1.165) is 10.6 Å². The van der Waals surface area contributed by atoms with Crippen LogP contribution in [0.1, 0.15) is 12.5 Å².